The van der Waals surface area contributed by atoms with Gasteiger partial charge in [-0.25, -0.2) is 0 Å². The zero-order chi connectivity index (χ0) is 22.6. The first-order valence-electron chi connectivity index (χ1n) is 10.2. The number of ether oxygens (including phenoxy) is 2. The Bertz CT molecular complexity index is 891. The molecule has 1 atom stereocenters. The molecule has 0 aromatic heterocycles. The molecule has 0 amide bonds. The highest BCUT2D eigenvalue weighted by atomic mass is 19.4. The maximum absolute atomic E-state index is 13.0. The average Bonchev–Trinajstić information content (AvgIpc) is 2.75. The summed E-state index contributed by atoms with van der Waals surface area (Å²) < 4.78 is 50.1. The molecule has 0 radical (unpaired) electrons. The lowest BCUT2D eigenvalue weighted by molar-refractivity contribution is -0.143. The van der Waals surface area contributed by atoms with Gasteiger partial charge in [-0.3, -0.25) is 9.69 Å². The van der Waals surface area contributed by atoms with Crippen molar-refractivity contribution in [3.63, 3.8) is 0 Å². The van der Waals surface area contributed by atoms with Gasteiger partial charge in [0.05, 0.1) is 31.2 Å². The molecule has 31 heavy (non-hydrogen) atoms. The van der Waals surface area contributed by atoms with E-state index in [1.54, 1.807) is 6.07 Å². The van der Waals surface area contributed by atoms with E-state index in [1.165, 1.54) is 19.2 Å². The number of alkyl halides is 3. The lowest BCUT2D eigenvalue weighted by atomic mass is 9.91. The summed E-state index contributed by atoms with van der Waals surface area (Å²) in [6, 6.07) is 10.3. The third-order valence-corrected chi connectivity index (χ3v) is 5.60. The molecule has 1 heterocycles. The van der Waals surface area contributed by atoms with E-state index in [4.69, 9.17) is 9.47 Å². The standard InChI is InChI=1S/C23H26F3NO4/c1-3-31-19-9-6-17(14-20(19)30-2)21(27-12-10-16(11-13-27)22(28)29)15-4-7-18(8-5-15)23(24,25)26/h4-9,14,16,21H,3,10-13H2,1-2H3,(H,28,29). The SMILES string of the molecule is CCOc1ccc(C(c2ccc(C(F)(F)F)cc2)N2CCC(C(=O)O)CC2)cc1OC. The van der Waals surface area contributed by atoms with E-state index in [1.807, 2.05) is 19.1 Å². The van der Waals surface area contributed by atoms with Crippen LogP contribution in [-0.2, 0) is 11.0 Å². The highest BCUT2D eigenvalue weighted by Gasteiger charge is 2.33. The van der Waals surface area contributed by atoms with Gasteiger partial charge in [0, 0.05) is 0 Å². The van der Waals surface area contributed by atoms with Crippen LogP contribution in [0.4, 0.5) is 13.2 Å². The number of aliphatic carboxylic acids is 1. The second-order valence-corrected chi connectivity index (χ2v) is 7.51. The molecule has 0 aliphatic carbocycles. The first kappa shape index (κ1) is 22.9. The van der Waals surface area contributed by atoms with Gasteiger partial charge in [-0.15, -0.1) is 0 Å². The number of likely N-dealkylation sites (tertiary alicyclic amines) is 1. The summed E-state index contributed by atoms with van der Waals surface area (Å²) in [7, 11) is 1.53. The molecular formula is C23H26F3NO4. The van der Waals surface area contributed by atoms with Gasteiger partial charge in [0.1, 0.15) is 0 Å². The minimum absolute atomic E-state index is 0.332. The van der Waals surface area contributed by atoms with E-state index in [0.717, 1.165) is 17.7 Å². The summed E-state index contributed by atoms with van der Waals surface area (Å²) in [4.78, 5) is 13.4. The topological polar surface area (TPSA) is 59.0 Å². The van der Waals surface area contributed by atoms with Crippen molar-refractivity contribution >= 4 is 5.97 Å². The Morgan fingerprint density at radius 1 is 1.10 bits per heavy atom. The third-order valence-electron chi connectivity index (χ3n) is 5.60. The molecule has 1 saturated heterocycles. The molecule has 2 aromatic rings. The Kier molecular flexibility index (Phi) is 7.10. The van der Waals surface area contributed by atoms with Crippen LogP contribution in [0, 0.1) is 5.92 Å². The number of carbonyl (C=O) groups is 1. The van der Waals surface area contributed by atoms with E-state index in [2.05, 4.69) is 4.90 Å². The number of halogens is 3. The number of nitrogens with zero attached hydrogens (tertiary/aromatic N) is 1. The average molecular weight is 437 g/mol. The van der Waals surface area contributed by atoms with Crippen molar-refractivity contribution in [2.24, 2.45) is 5.92 Å². The smallest absolute Gasteiger partial charge is 0.416 e. The molecule has 1 aliphatic heterocycles. The number of carboxylic acids is 1. The number of piperidine rings is 1. The van der Waals surface area contributed by atoms with Crippen LogP contribution in [0.3, 0.4) is 0 Å². The first-order valence-corrected chi connectivity index (χ1v) is 10.2. The fraction of sp³-hybridized carbons (Fsp3) is 0.435. The Morgan fingerprint density at radius 2 is 1.71 bits per heavy atom. The van der Waals surface area contributed by atoms with Crippen LogP contribution >= 0.6 is 0 Å². The number of methoxy groups -OCH3 is 1. The highest BCUT2D eigenvalue weighted by Crippen LogP contribution is 2.38. The second kappa shape index (κ2) is 9.60. The Balaban J connectivity index is 1.98. The lowest BCUT2D eigenvalue weighted by Crippen LogP contribution is -2.39. The predicted octanol–water partition coefficient (Wildman–Crippen LogP) is 5.00. The third kappa shape index (κ3) is 5.31. The number of rotatable bonds is 7. The van der Waals surface area contributed by atoms with Crippen LogP contribution in [-0.4, -0.2) is 42.8 Å². The zero-order valence-electron chi connectivity index (χ0n) is 17.5. The van der Waals surface area contributed by atoms with Crippen LogP contribution in [0.5, 0.6) is 11.5 Å². The highest BCUT2D eigenvalue weighted by molar-refractivity contribution is 5.70. The zero-order valence-corrected chi connectivity index (χ0v) is 17.5. The maximum atomic E-state index is 13.0. The van der Waals surface area contributed by atoms with E-state index in [-0.39, 0.29) is 6.04 Å². The Hall–Kier alpha value is -2.74. The van der Waals surface area contributed by atoms with Crippen molar-refractivity contribution in [2.45, 2.75) is 32.0 Å². The van der Waals surface area contributed by atoms with Crippen molar-refractivity contribution in [1.29, 1.82) is 0 Å². The van der Waals surface area contributed by atoms with Crippen molar-refractivity contribution in [3.05, 3.63) is 59.2 Å². The number of carboxylic acid groups (broad SMARTS) is 1. The molecule has 1 fully saturated rings. The first-order chi connectivity index (χ1) is 14.7. The predicted molar refractivity (Wildman–Crippen MR) is 109 cm³/mol. The van der Waals surface area contributed by atoms with E-state index in [0.29, 0.717) is 49.6 Å². The molecule has 0 spiro atoms. The summed E-state index contributed by atoms with van der Waals surface area (Å²) in [6.07, 6.45) is -3.43. The van der Waals surface area contributed by atoms with Crippen molar-refractivity contribution < 1.29 is 32.5 Å². The molecule has 5 nitrogen and oxygen atoms in total. The number of hydrogen-bond acceptors (Lipinski definition) is 4. The number of hydrogen-bond donors (Lipinski definition) is 1. The normalized spacial score (nSPS) is 16.7. The van der Waals surface area contributed by atoms with Crippen LogP contribution in [0.2, 0.25) is 0 Å². The van der Waals surface area contributed by atoms with E-state index >= 15 is 0 Å². The Morgan fingerprint density at radius 3 is 2.23 bits per heavy atom. The van der Waals surface area contributed by atoms with Gasteiger partial charge in [-0.1, -0.05) is 18.2 Å². The van der Waals surface area contributed by atoms with E-state index < -0.39 is 23.6 Å². The van der Waals surface area contributed by atoms with Crippen molar-refractivity contribution in [3.8, 4) is 11.5 Å². The van der Waals surface area contributed by atoms with Gasteiger partial charge < -0.3 is 14.6 Å². The van der Waals surface area contributed by atoms with Crippen LogP contribution in [0.25, 0.3) is 0 Å². The van der Waals surface area contributed by atoms with E-state index in [9.17, 15) is 23.1 Å². The molecule has 3 rings (SSSR count). The summed E-state index contributed by atoms with van der Waals surface area (Å²) in [5.74, 6) is -0.0889. The fourth-order valence-corrected chi connectivity index (χ4v) is 4.00. The summed E-state index contributed by atoms with van der Waals surface area (Å²) in [5, 5.41) is 9.30. The molecule has 2 aromatic carbocycles. The van der Waals surface area contributed by atoms with Gasteiger partial charge >= 0.3 is 12.1 Å². The molecular weight excluding hydrogens is 411 g/mol. The van der Waals surface area contributed by atoms with Crippen molar-refractivity contribution in [2.75, 3.05) is 26.8 Å². The maximum Gasteiger partial charge on any atom is 0.416 e. The molecule has 1 N–H and O–H groups in total. The summed E-state index contributed by atoms with van der Waals surface area (Å²) in [6.45, 7) is 3.39. The van der Waals surface area contributed by atoms with Gasteiger partial charge in [0.15, 0.2) is 11.5 Å². The molecule has 1 unspecified atom stereocenters. The van der Waals surface area contributed by atoms with Gasteiger partial charge in [0.2, 0.25) is 0 Å². The van der Waals surface area contributed by atoms with Gasteiger partial charge in [0.25, 0.3) is 0 Å². The largest absolute Gasteiger partial charge is 0.493 e. The monoisotopic (exact) mass is 437 g/mol. The summed E-state index contributed by atoms with van der Waals surface area (Å²) in [5.41, 5.74) is 0.839. The molecule has 0 saturated carbocycles. The molecule has 168 valence electrons. The molecule has 8 heteroatoms. The van der Waals surface area contributed by atoms with Crippen LogP contribution in [0.15, 0.2) is 42.5 Å². The van der Waals surface area contributed by atoms with Crippen LogP contribution in [0.1, 0.15) is 42.5 Å². The van der Waals surface area contributed by atoms with Crippen molar-refractivity contribution in [1.82, 2.24) is 4.90 Å². The summed E-state index contributed by atoms with van der Waals surface area (Å²) >= 11 is 0. The quantitative estimate of drug-likeness (QED) is 0.661. The minimum atomic E-state index is -4.41. The Labute approximate surface area is 179 Å². The second-order valence-electron chi connectivity index (χ2n) is 7.51. The lowest BCUT2D eigenvalue weighted by Gasteiger charge is -2.37. The molecule has 1 aliphatic rings. The van der Waals surface area contributed by atoms with Gasteiger partial charge in [-0.05, 0) is 68.2 Å². The fourth-order valence-electron chi connectivity index (χ4n) is 4.00. The molecule has 0 bridgehead atoms. The minimum Gasteiger partial charge on any atom is -0.493 e. The number of benzene rings is 2. The van der Waals surface area contributed by atoms with Crippen LogP contribution < -0.4 is 9.47 Å². The van der Waals surface area contributed by atoms with Gasteiger partial charge in [-0.2, -0.15) is 13.2 Å².